The zero-order chi connectivity index (χ0) is 25.8. The molecule has 8 heteroatoms. The molecule has 4 amide bonds. The Bertz CT molecular complexity index is 1390. The fraction of sp³-hybridized carbons (Fsp3) is 0.0345. The maximum absolute atomic E-state index is 13.8. The molecule has 0 aliphatic carbocycles. The van der Waals surface area contributed by atoms with Crippen LogP contribution in [0.25, 0.3) is 6.08 Å². The summed E-state index contributed by atoms with van der Waals surface area (Å²) in [6.45, 7) is 0. The molecule has 2 heterocycles. The number of imide groups is 2. The average molecular weight is 509 g/mol. The second kappa shape index (κ2) is 10.2. The maximum atomic E-state index is 13.8. The smallest absolute Gasteiger partial charge is 0.328 e. The van der Waals surface area contributed by atoms with Gasteiger partial charge in [-0.05, 0) is 54.6 Å². The highest BCUT2D eigenvalue weighted by Crippen LogP contribution is 2.55. The Labute approximate surface area is 213 Å². The van der Waals surface area contributed by atoms with E-state index < -0.39 is 25.1 Å². The summed E-state index contributed by atoms with van der Waals surface area (Å²) < 4.78 is 5.77. The molecule has 0 saturated carbocycles. The van der Waals surface area contributed by atoms with E-state index in [1.54, 1.807) is 0 Å². The zero-order valence-electron chi connectivity index (χ0n) is 19.6. The fourth-order valence-corrected chi connectivity index (χ4v) is 8.46. The van der Waals surface area contributed by atoms with Gasteiger partial charge in [0, 0.05) is 0 Å². The van der Waals surface area contributed by atoms with Crippen LogP contribution in [-0.2, 0) is 9.59 Å². The first kappa shape index (κ1) is 24.1. The Kier molecular flexibility index (Phi) is 6.62. The number of carbonyl (C=O) groups is 4. The van der Waals surface area contributed by atoms with E-state index in [1.165, 1.54) is 18.2 Å². The standard InChI is InChI=1S/C29H21N2O5P/c32-25(26-17-16-20(36-26)18-24-27(33)30-29(35)31-28(24)34)19-37(21-10-4-1-5-11-21,22-12-6-2-7-13-22)23-14-8-3-9-15-23/h1-18H,19H2,(H-,30,31,33,34,35)/p+1. The van der Waals surface area contributed by atoms with Crippen LogP contribution in [0, 0.1) is 0 Å². The van der Waals surface area contributed by atoms with Crippen LogP contribution < -0.4 is 26.5 Å². The van der Waals surface area contributed by atoms with Crippen LogP contribution >= 0.6 is 7.26 Å². The quantitative estimate of drug-likeness (QED) is 0.172. The Morgan fingerprint density at radius 3 is 1.59 bits per heavy atom. The van der Waals surface area contributed by atoms with E-state index in [0.717, 1.165) is 15.9 Å². The van der Waals surface area contributed by atoms with Gasteiger partial charge in [-0.25, -0.2) is 4.79 Å². The largest absolute Gasteiger partial charge is 0.453 e. The van der Waals surface area contributed by atoms with E-state index in [0.29, 0.717) is 0 Å². The fourth-order valence-electron chi connectivity index (χ4n) is 4.39. The van der Waals surface area contributed by atoms with Crippen LogP contribution in [0.1, 0.15) is 16.3 Å². The van der Waals surface area contributed by atoms with Crippen molar-refractivity contribution in [2.75, 3.05) is 6.16 Å². The van der Waals surface area contributed by atoms with Gasteiger partial charge in [0.25, 0.3) is 11.8 Å². The predicted octanol–water partition coefficient (Wildman–Crippen LogP) is 3.21. The highest BCUT2D eigenvalue weighted by Gasteiger charge is 2.47. The van der Waals surface area contributed by atoms with Crippen molar-refractivity contribution in [2.24, 2.45) is 0 Å². The third-order valence-electron chi connectivity index (χ3n) is 6.10. The number of nitrogens with one attached hydrogen (secondary N) is 2. The highest BCUT2D eigenvalue weighted by molar-refractivity contribution is 7.96. The second-order valence-corrected chi connectivity index (χ2v) is 11.9. The van der Waals surface area contributed by atoms with Gasteiger partial charge >= 0.3 is 6.03 Å². The van der Waals surface area contributed by atoms with Gasteiger partial charge in [0.1, 0.15) is 40.7 Å². The normalized spacial score (nSPS) is 13.6. The molecule has 1 aliphatic heterocycles. The topological polar surface area (TPSA) is 105 Å². The highest BCUT2D eigenvalue weighted by atomic mass is 31.2. The van der Waals surface area contributed by atoms with E-state index in [1.807, 2.05) is 65.2 Å². The molecule has 182 valence electrons. The molecule has 0 bridgehead atoms. The van der Waals surface area contributed by atoms with Crippen molar-refractivity contribution >= 4 is 52.9 Å². The van der Waals surface area contributed by atoms with Crippen LogP contribution in [0.3, 0.4) is 0 Å². The summed E-state index contributed by atoms with van der Waals surface area (Å²) in [6.07, 6.45) is 1.39. The first-order valence-corrected chi connectivity index (χ1v) is 13.5. The van der Waals surface area contributed by atoms with Crippen molar-refractivity contribution in [1.82, 2.24) is 10.6 Å². The Balaban J connectivity index is 1.55. The number of Topliss-reactive ketones (excluding diaryl/α,β-unsaturated/α-hetero) is 1. The molecule has 1 fully saturated rings. The van der Waals surface area contributed by atoms with Gasteiger partial charge in [-0.15, -0.1) is 0 Å². The lowest BCUT2D eigenvalue weighted by atomic mass is 10.1. The number of ketones is 1. The zero-order valence-corrected chi connectivity index (χ0v) is 20.5. The molecule has 0 unspecified atom stereocenters. The van der Waals surface area contributed by atoms with Gasteiger partial charge in [-0.2, -0.15) is 0 Å². The summed E-state index contributed by atoms with van der Waals surface area (Å²) in [5.74, 6) is -1.60. The summed E-state index contributed by atoms with van der Waals surface area (Å²) in [5.41, 5.74) is -0.285. The first-order valence-electron chi connectivity index (χ1n) is 11.5. The SMILES string of the molecule is O=C1NC(=O)C(=Cc2ccc(C(=O)C[P+](c3ccccc3)(c3ccccc3)c3ccccc3)o2)C(=O)N1. The Morgan fingerprint density at radius 2 is 1.14 bits per heavy atom. The summed E-state index contributed by atoms with van der Waals surface area (Å²) in [7, 11) is -2.42. The summed E-state index contributed by atoms with van der Waals surface area (Å²) >= 11 is 0. The molecule has 2 N–H and O–H groups in total. The van der Waals surface area contributed by atoms with Crippen molar-refractivity contribution in [3.63, 3.8) is 0 Å². The number of barbiturate groups is 1. The Morgan fingerprint density at radius 1 is 0.676 bits per heavy atom. The number of hydrogen-bond donors (Lipinski definition) is 2. The molecule has 1 aromatic heterocycles. The molecule has 5 rings (SSSR count). The molecule has 0 spiro atoms. The third-order valence-corrected chi connectivity index (χ3v) is 10.4. The minimum atomic E-state index is -2.42. The lowest BCUT2D eigenvalue weighted by Gasteiger charge is -2.26. The number of rotatable bonds is 7. The average Bonchev–Trinajstić information content (AvgIpc) is 3.40. The van der Waals surface area contributed by atoms with Crippen LogP contribution in [0.5, 0.6) is 0 Å². The molecule has 7 nitrogen and oxygen atoms in total. The van der Waals surface area contributed by atoms with Gasteiger partial charge < -0.3 is 4.42 Å². The summed E-state index contributed by atoms with van der Waals surface area (Å²) in [6, 6.07) is 32.2. The molecular weight excluding hydrogens is 487 g/mol. The molecular formula is C29H22N2O5P+. The van der Waals surface area contributed by atoms with E-state index in [2.05, 4.69) is 36.4 Å². The van der Waals surface area contributed by atoms with Crippen molar-refractivity contribution < 1.29 is 23.6 Å². The van der Waals surface area contributed by atoms with Crippen LogP contribution in [0.4, 0.5) is 4.79 Å². The van der Waals surface area contributed by atoms with E-state index >= 15 is 0 Å². The van der Waals surface area contributed by atoms with Gasteiger partial charge in [0.2, 0.25) is 5.78 Å². The molecule has 0 atom stereocenters. The van der Waals surface area contributed by atoms with Crippen molar-refractivity contribution in [3.8, 4) is 0 Å². The Hall–Kier alpha value is -4.61. The van der Waals surface area contributed by atoms with Crippen LogP contribution in [0.2, 0.25) is 0 Å². The lowest BCUT2D eigenvalue weighted by Crippen LogP contribution is -2.51. The van der Waals surface area contributed by atoms with E-state index in [4.69, 9.17) is 4.42 Å². The molecule has 0 radical (unpaired) electrons. The van der Waals surface area contributed by atoms with Crippen molar-refractivity contribution in [1.29, 1.82) is 0 Å². The molecule has 1 aliphatic rings. The van der Waals surface area contributed by atoms with Gasteiger partial charge in [-0.1, -0.05) is 54.6 Å². The molecule has 1 saturated heterocycles. The van der Waals surface area contributed by atoms with Crippen molar-refractivity contribution in [2.45, 2.75) is 0 Å². The van der Waals surface area contributed by atoms with E-state index in [-0.39, 0.29) is 29.0 Å². The second-order valence-electron chi connectivity index (χ2n) is 8.40. The minimum Gasteiger partial charge on any atom is -0.453 e. The number of hydrogen-bond acceptors (Lipinski definition) is 5. The molecule has 4 aromatic rings. The number of amides is 4. The van der Waals surface area contributed by atoms with Crippen molar-refractivity contribution in [3.05, 3.63) is 120 Å². The van der Waals surface area contributed by atoms with Gasteiger partial charge in [0.15, 0.2) is 5.76 Å². The molecule has 3 aromatic carbocycles. The van der Waals surface area contributed by atoms with Gasteiger partial charge in [-0.3, -0.25) is 25.0 Å². The monoisotopic (exact) mass is 509 g/mol. The first-order chi connectivity index (χ1) is 18.0. The molecule has 37 heavy (non-hydrogen) atoms. The minimum absolute atomic E-state index is 0.117. The van der Waals surface area contributed by atoms with Crippen LogP contribution in [0.15, 0.2) is 113 Å². The maximum Gasteiger partial charge on any atom is 0.328 e. The van der Waals surface area contributed by atoms with Crippen LogP contribution in [-0.4, -0.2) is 29.8 Å². The predicted molar refractivity (Wildman–Crippen MR) is 143 cm³/mol. The summed E-state index contributed by atoms with van der Waals surface area (Å²) in [4.78, 5) is 49.2. The lowest BCUT2D eigenvalue weighted by molar-refractivity contribution is -0.123. The van der Waals surface area contributed by atoms with E-state index in [9.17, 15) is 19.2 Å². The van der Waals surface area contributed by atoms with Gasteiger partial charge in [0.05, 0.1) is 0 Å². The number of carbonyl (C=O) groups excluding carboxylic acids is 4. The number of furan rings is 1. The number of benzene rings is 3. The summed E-state index contributed by atoms with van der Waals surface area (Å²) in [5, 5.41) is 7.22. The third kappa shape index (κ3) is 4.77. The number of urea groups is 1.